The molecule has 2 aromatic carbocycles. The molecular weight excluding hydrogens is 329 g/mol. The summed E-state index contributed by atoms with van der Waals surface area (Å²) in [5, 5.41) is 8.98. The third kappa shape index (κ3) is 2.58. The zero-order chi connectivity index (χ0) is 15.7. The molecule has 8 heteroatoms. The van der Waals surface area contributed by atoms with Crippen molar-refractivity contribution in [2.75, 3.05) is 7.11 Å². The van der Waals surface area contributed by atoms with Crippen LogP contribution in [-0.4, -0.2) is 28.6 Å². The quantitative estimate of drug-likeness (QED) is 0.731. The molecule has 0 amide bonds. The van der Waals surface area contributed by atoms with Crippen molar-refractivity contribution in [3.8, 4) is 17.2 Å². The lowest BCUT2D eigenvalue weighted by Crippen LogP contribution is -2.00. The molecule has 0 N–H and O–H groups in total. The average Bonchev–Trinajstić information content (AvgIpc) is 2.93. The van der Waals surface area contributed by atoms with E-state index in [1.807, 2.05) is 0 Å². The minimum absolute atomic E-state index is 0.0421. The summed E-state index contributed by atoms with van der Waals surface area (Å²) in [6, 6.07) is 8.42. The van der Waals surface area contributed by atoms with E-state index in [0.717, 1.165) is 0 Å². The van der Waals surface area contributed by atoms with Gasteiger partial charge in [0.1, 0.15) is 16.8 Å². The Kier molecular flexibility index (Phi) is 3.87. The van der Waals surface area contributed by atoms with E-state index in [1.54, 1.807) is 25.3 Å². The molecule has 0 saturated carbocycles. The monoisotopic (exact) mass is 336 g/mol. The van der Waals surface area contributed by atoms with Gasteiger partial charge in [0.15, 0.2) is 5.75 Å². The maximum atomic E-state index is 10.3. The summed E-state index contributed by atoms with van der Waals surface area (Å²) >= 11 is 12.1. The molecule has 3 aromatic rings. The highest BCUT2D eigenvalue weighted by atomic mass is 35.5. The largest absolute Gasteiger partial charge is 0.497 e. The van der Waals surface area contributed by atoms with E-state index >= 15 is 0 Å². The topological polar surface area (TPSA) is 66.2 Å². The second-order valence-electron chi connectivity index (χ2n) is 4.27. The molecule has 111 valence electrons. The number of carbonyl (C=O) groups excluding carboxylic acids is 1. The Morgan fingerprint density at radius 2 is 1.77 bits per heavy atom. The van der Waals surface area contributed by atoms with Crippen LogP contribution in [0.25, 0.3) is 16.7 Å². The molecule has 0 saturated heterocycles. The summed E-state index contributed by atoms with van der Waals surface area (Å²) in [4.78, 5) is 11.7. The van der Waals surface area contributed by atoms with E-state index in [2.05, 4.69) is 14.9 Å². The van der Waals surface area contributed by atoms with Gasteiger partial charge in [-0.3, -0.25) is 0 Å². The average molecular weight is 337 g/mol. The van der Waals surface area contributed by atoms with Crippen molar-refractivity contribution in [2.45, 2.75) is 0 Å². The summed E-state index contributed by atoms with van der Waals surface area (Å²) in [6.45, 7) is 1.29. The first-order valence-corrected chi connectivity index (χ1v) is 6.82. The maximum absolute atomic E-state index is 10.3. The molecule has 0 fully saturated rings. The Morgan fingerprint density at radius 1 is 1.09 bits per heavy atom. The van der Waals surface area contributed by atoms with Crippen LogP contribution >= 0.6 is 23.2 Å². The first-order valence-electron chi connectivity index (χ1n) is 6.07. The van der Waals surface area contributed by atoms with Crippen LogP contribution in [-0.2, 0) is 4.79 Å². The van der Waals surface area contributed by atoms with Crippen molar-refractivity contribution in [3.05, 3.63) is 40.4 Å². The summed E-state index contributed by atoms with van der Waals surface area (Å²) in [7, 11) is 1.58. The SMILES string of the molecule is COc1ccc2nn(-c3cc(Cl)c(O[C]=O)c(Cl)c3)nc2c1. The van der Waals surface area contributed by atoms with E-state index in [-0.39, 0.29) is 15.8 Å². The molecule has 0 aliphatic rings. The van der Waals surface area contributed by atoms with Crippen molar-refractivity contribution >= 4 is 40.7 Å². The van der Waals surface area contributed by atoms with Crippen molar-refractivity contribution in [2.24, 2.45) is 0 Å². The van der Waals surface area contributed by atoms with Crippen LogP contribution in [0, 0.1) is 0 Å². The fourth-order valence-electron chi connectivity index (χ4n) is 1.94. The van der Waals surface area contributed by atoms with Crippen LogP contribution in [0.4, 0.5) is 0 Å². The van der Waals surface area contributed by atoms with Crippen molar-refractivity contribution in [1.29, 1.82) is 0 Å². The maximum Gasteiger partial charge on any atom is 0.423 e. The van der Waals surface area contributed by atoms with E-state index in [0.29, 0.717) is 22.5 Å². The van der Waals surface area contributed by atoms with Crippen molar-refractivity contribution in [3.63, 3.8) is 0 Å². The molecule has 0 atom stereocenters. The van der Waals surface area contributed by atoms with Gasteiger partial charge >= 0.3 is 6.47 Å². The number of hydrogen-bond donors (Lipinski definition) is 0. The number of methoxy groups -OCH3 is 1. The number of nitrogens with zero attached hydrogens (tertiary/aromatic N) is 3. The van der Waals surface area contributed by atoms with Gasteiger partial charge in [0, 0.05) is 6.07 Å². The Bertz CT molecular complexity index is 841. The minimum atomic E-state index is 0.0421. The smallest absolute Gasteiger partial charge is 0.423 e. The minimum Gasteiger partial charge on any atom is -0.497 e. The molecule has 0 spiro atoms. The first kappa shape index (κ1) is 14.6. The number of halogens is 2. The normalized spacial score (nSPS) is 10.7. The van der Waals surface area contributed by atoms with Gasteiger partial charge in [-0.2, -0.15) is 4.80 Å². The summed E-state index contributed by atoms with van der Waals surface area (Å²) < 4.78 is 9.76. The number of rotatable bonds is 4. The standard InChI is InChI=1S/C14H8Cl2N3O3/c1-21-9-2-3-12-13(6-9)18-19(17-12)8-4-10(15)14(22-7-20)11(16)5-8/h2-6H,1H3. The van der Waals surface area contributed by atoms with Gasteiger partial charge in [0.05, 0.1) is 22.8 Å². The van der Waals surface area contributed by atoms with Crippen molar-refractivity contribution in [1.82, 2.24) is 15.0 Å². The van der Waals surface area contributed by atoms with Crippen LogP contribution in [0.15, 0.2) is 30.3 Å². The fraction of sp³-hybridized carbons (Fsp3) is 0.0714. The van der Waals surface area contributed by atoms with Crippen LogP contribution in [0.1, 0.15) is 0 Å². The van der Waals surface area contributed by atoms with E-state index in [1.165, 1.54) is 23.4 Å². The van der Waals surface area contributed by atoms with Crippen LogP contribution < -0.4 is 9.47 Å². The second kappa shape index (κ2) is 5.82. The lowest BCUT2D eigenvalue weighted by atomic mass is 10.3. The molecule has 0 bridgehead atoms. The highest BCUT2D eigenvalue weighted by Crippen LogP contribution is 2.35. The van der Waals surface area contributed by atoms with Crippen LogP contribution in [0.5, 0.6) is 11.5 Å². The van der Waals surface area contributed by atoms with Gasteiger partial charge in [-0.05, 0) is 24.3 Å². The zero-order valence-electron chi connectivity index (χ0n) is 11.2. The number of aromatic nitrogens is 3. The van der Waals surface area contributed by atoms with Gasteiger partial charge in [0.2, 0.25) is 0 Å². The summed E-state index contributed by atoms with van der Waals surface area (Å²) in [5.41, 5.74) is 1.88. The van der Waals surface area contributed by atoms with Gasteiger partial charge in [-0.1, -0.05) is 23.2 Å². The van der Waals surface area contributed by atoms with Gasteiger partial charge in [-0.25, -0.2) is 4.79 Å². The van der Waals surface area contributed by atoms with Crippen LogP contribution in [0.3, 0.4) is 0 Å². The Morgan fingerprint density at radius 3 is 2.41 bits per heavy atom. The van der Waals surface area contributed by atoms with E-state index in [4.69, 9.17) is 27.9 Å². The van der Waals surface area contributed by atoms with Gasteiger partial charge in [-0.15, -0.1) is 10.2 Å². The highest BCUT2D eigenvalue weighted by Gasteiger charge is 2.13. The van der Waals surface area contributed by atoms with E-state index in [9.17, 15) is 4.79 Å². The third-order valence-electron chi connectivity index (χ3n) is 2.95. The predicted molar refractivity (Wildman–Crippen MR) is 81.8 cm³/mol. The van der Waals surface area contributed by atoms with E-state index < -0.39 is 0 Å². The third-order valence-corrected chi connectivity index (χ3v) is 3.51. The number of benzene rings is 2. The number of hydrogen-bond acceptors (Lipinski definition) is 5. The number of ether oxygens (including phenoxy) is 2. The second-order valence-corrected chi connectivity index (χ2v) is 5.08. The number of fused-ring (bicyclic) bond motifs is 1. The first-order chi connectivity index (χ1) is 10.6. The lowest BCUT2D eigenvalue weighted by molar-refractivity contribution is 0.415. The van der Waals surface area contributed by atoms with Crippen LogP contribution in [0.2, 0.25) is 10.0 Å². The Labute approximate surface area is 135 Å². The predicted octanol–water partition coefficient (Wildman–Crippen LogP) is 3.18. The molecule has 0 unspecified atom stereocenters. The molecule has 6 nitrogen and oxygen atoms in total. The highest BCUT2D eigenvalue weighted by molar-refractivity contribution is 6.37. The molecule has 0 aliphatic heterocycles. The molecule has 0 aliphatic carbocycles. The molecule has 3 rings (SSSR count). The molecule has 1 radical (unpaired) electrons. The molecule has 1 aromatic heterocycles. The molecule has 1 heterocycles. The van der Waals surface area contributed by atoms with Gasteiger partial charge in [0.25, 0.3) is 0 Å². The van der Waals surface area contributed by atoms with Crippen molar-refractivity contribution < 1.29 is 14.3 Å². The van der Waals surface area contributed by atoms with Gasteiger partial charge < -0.3 is 9.47 Å². The lowest BCUT2D eigenvalue weighted by Gasteiger charge is -2.06. The Hall–Kier alpha value is -2.31. The Balaban J connectivity index is 2.09. The summed E-state index contributed by atoms with van der Waals surface area (Å²) in [6.07, 6.45) is 0. The fourth-order valence-corrected chi connectivity index (χ4v) is 2.49. The molecular formula is C14H8Cl2N3O3. The zero-order valence-corrected chi connectivity index (χ0v) is 12.7. The summed E-state index contributed by atoms with van der Waals surface area (Å²) in [5.74, 6) is 0.723. The molecule has 22 heavy (non-hydrogen) atoms.